The molecule has 4 nitrogen and oxygen atoms in total. The number of carboxylic acid groups (broad SMARTS) is 1. The van der Waals surface area contributed by atoms with Crippen LogP contribution in [0.15, 0.2) is 0 Å². The van der Waals surface area contributed by atoms with E-state index in [9.17, 15) is 14.7 Å². The molecule has 0 amide bonds. The molecule has 1 aliphatic heterocycles. The first-order valence-electron chi connectivity index (χ1n) is 7.37. The van der Waals surface area contributed by atoms with Gasteiger partial charge in [-0.05, 0) is 37.5 Å². The van der Waals surface area contributed by atoms with Crippen LogP contribution < -0.4 is 0 Å². The maximum atomic E-state index is 12.3. The lowest BCUT2D eigenvalue weighted by molar-refractivity contribution is -0.160. The van der Waals surface area contributed by atoms with Crippen molar-refractivity contribution < 1.29 is 19.4 Å². The lowest BCUT2D eigenvalue weighted by Gasteiger charge is -2.42. The van der Waals surface area contributed by atoms with Crippen LogP contribution >= 0.6 is 0 Å². The maximum absolute atomic E-state index is 12.3. The number of rotatable bonds is 2. The normalized spacial score (nSPS) is 37.4. The lowest BCUT2D eigenvalue weighted by Crippen LogP contribution is -2.46. The molecule has 0 aromatic heterocycles. The topological polar surface area (TPSA) is 63.6 Å². The average Bonchev–Trinajstić information content (AvgIpc) is 2.62. The number of carboxylic acids is 1. The van der Waals surface area contributed by atoms with Gasteiger partial charge in [0.15, 0.2) is 0 Å². The summed E-state index contributed by atoms with van der Waals surface area (Å²) in [5.74, 6) is -1.73. The summed E-state index contributed by atoms with van der Waals surface area (Å²) in [6.45, 7) is 11.7. The van der Waals surface area contributed by atoms with Crippen LogP contribution in [0.4, 0.5) is 0 Å². The zero-order chi connectivity index (χ0) is 15.5. The monoisotopic (exact) mass is 282 g/mol. The number of hydrogen-bond acceptors (Lipinski definition) is 3. The van der Waals surface area contributed by atoms with Crippen molar-refractivity contribution in [3.05, 3.63) is 0 Å². The van der Waals surface area contributed by atoms with Gasteiger partial charge in [0.1, 0.15) is 5.60 Å². The summed E-state index contributed by atoms with van der Waals surface area (Å²) in [5.41, 5.74) is -1.39. The number of ether oxygens (including phenoxy) is 1. The number of hydrogen-bond donors (Lipinski definition) is 1. The maximum Gasteiger partial charge on any atom is 0.310 e. The molecule has 2 rings (SSSR count). The minimum atomic E-state index is -0.807. The van der Waals surface area contributed by atoms with Crippen LogP contribution in [0.2, 0.25) is 0 Å². The molecule has 0 spiro atoms. The summed E-state index contributed by atoms with van der Waals surface area (Å²) in [5, 5.41) is 9.72. The fraction of sp³-hybridized carbons (Fsp3) is 0.875. The molecule has 1 heterocycles. The van der Waals surface area contributed by atoms with Crippen molar-refractivity contribution in [2.24, 2.45) is 28.6 Å². The largest absolute Gasteiger partial charge is 0.481 e. The van der Waals surface area contributed by atoms with Gasteiger partial charge < -0.3 is 9.84 Å². The van der Waals surface area contributed by atoms with Crippen LogP contribution in [0.25, 0.3) is 0 Å². The first-order valence-corrected chi connectivity index (χ1v) is 7.37. The summed E-state index contributed by atoms with van der Waals surface area (Å²) in [6, 6.07) is 0. The Morgan fingerprint density at radius 1 is 1.35 bits per heavy atom. The summed E-state index contributed by atoms with van der Waals surface area (Å²) >= 11 is 0. The van der Waals surface area contributed by atoms with E-state index in [1.54, 1.807) is 0 Å². The smallest absolute Gasteiger partial charge is 0.310 e. The fourth-order valence-corrected chi connectivity index (χ4v) is 4.79. The number of fused-ring (bicyclic) bond motifs is 1. The Labute approximate surface area is 120 Å². The van der Waals surface area contributed by atoms with Crippen molar-refractivity contribution in [2.45, 2.75) is 60.0 Å². The summed E-state index contributed by atoms with van der Waals surface area (Å²) in [7, 11) is 0. The highest BCUT2D eigenvalue weighted by molar-refractivity contribution is 5.80. The van der Waals surface area contributed by atoms with Crippen molar-refractivity contribution in [1.82, 2.24) is 0 Å². The Morgan fingerprint density at radius 2 is 1.90 bits per heavy atom. The van der Waals surface area contributed by atoms with Gasteiger partial charge in [0.2, 0.25) is 0 Å². The number of esters is 1. The molecule has 0 aromatic rings. The van der Waals surface area contributed by atoms with Crippen molar-refractivity contribution >= 4 is 11.9 Å². The van der Waals surface area contributed by atoms with Crippen LogP contribution in [0.1, 0.15) is 54.4 Å². The molecule has 4 atom stereocenters. The highest BCUT2D eigenvalue weighted by atomic mass is 16.6. The Hall–Kier alpha value is -1.06. The molecular weight excluding hydrogens is 256 g/mol. The van der Waals surface area contributed by atoms with E-state index in [0.717, 1.165) is 12.8 Å². The first-order chi connectivity index (χ1) is 8.91. The lowest BCUT2D eigenvalue weighted by atomic mass is 9.59. The van der Waals surface area contributed by atoms with Crippen molar-refractivity contribution in [2.75, 3.05) is 0 Å². The van der Waals surface area contributed by atoms with Gasteiger partial charge in [-0.2, -0.15) is 0 Å². The van der Waals surface area contributed by atoms with E-state index < -0.39 is 22.9 Å². The van der Waals surface area contributed by atoms with Gasteiger partial charge in [-0.1, -0.05) is 27.7 Å². The van der Waals surface area contributed by atoms with Crippen LogP contribution in [-0.2, 0) is 14.3 Å². The third-order valence-corrected chi connectivity index (χ3v) is 5.39. The first kappa shape index (κ1) is 15.3. The van der Waals surface area contributed by atoms with Crippen molar-refractivity contribution in [3.8, 4) is 0 Å². The minimum Gasteiger partial charge on any atom is -0.481 e. The van der Waals surface area contributed by atoms with Gasteiger partial charge in [-0.25, -0.2) is 0 Å². The second kappa shape index (κ2) is 4.22. The number of carbonyl (C=O) groups excluding carboxylic acids is 1. The Morgan fingerprint density at radius 3 is 2.35 bits per heavy atom. The SMILES string of the molecule is CC(C)(C)C(C(=O)O)C1(C)CCC2C1C(=O)OC2(C)C. The Balaban J connectivity index is 2.46. The molecule has 1 saturated heterocycles. The molecular formula is C16H26O4. The molecule has 2 aliphatic rings. The van der Waals surface area contributed by atoms with E-state index in [0.29, 0.717) is 0 Å². The minimum absolute atomic E-state index is 0.129. The second-order valence-electron chi connectivity index (χ2n) is 8.29. The number of aliphatic carboxylic acids is 1. The molecule has 4 heteroatoms. The van der Waals surface area contributed by atoms with E-state index in [4.69, 9.17) is 4.74 Å². The molecule has 2 fully saturated rings. The predicted molar refractivity (Wildman–Crippen MR) is 75.1 cm³/mol. The van der Waals surface area contributed by atoms with Crippen LogP contribution in [0, 0.1) is 28.6 Å². The second-order valence-corrected chi connectivity index (χ2v) is 8.29. The van der Waals surface area contributed by atoms with Gasteiger partial charge >= 0.3 is 11.9 Å². The van der Waals surface area contributed by atoms with E-state index in [2.05, 4.69) is 0 Å². The Bertz CT molecular complexity index is 446. The fourth-order valence-electron chi connectivity index (χ4n) is 4.79. The van der Waals surface area contributed by atoms with E-state index >= 15 is 0 Å². The number of cyclic esters (lactones) is 1. The van der Waals surface area contributed by atoms with E-state index in [1.807, 2.05) is 41.5 Å². The highest BCUT2D eigenvalue weighted by Gasteiger charge is 2.65. The molecule has 0 radical (unpaired) electrons. The van der Waals surface area contributed by atoms with Crippen LogP contribution in [0.5, 0.6) is 0 Å². The standard InChI is InChI=1S/C16H26O4/c1-14(2,3)11(12(17)18)16(6)8-7-9-10(16)13(19)20-15(9,4)5/h9-11H,7-8H2,1-6H3,(H,17,18). The summed E-state index contributed by atoms with van der Waals surface area (Å²) in [4.78, 5) is 24.2. The Kier molecular flexibility index (Phi) is 3.23. The van der Waals surface area contributed by atoms with Gasteiger partial charge in [0.25, 0.3) is 0 Å². The summed E-state index contributed by atoms with van der Waals surface area (Å²) < 4.78 is 5.52. The molecule has 20 heavy (non-hydrogen) atoms. The molecule has 1 saturated carbocycles. The van der Waals surface area contributed by atoms with Crippen LogP contribution in [-0.4, -0.2) is 22.6 Å². The van der Waals surface area contributed by atoms with Crippen LogP contribution in [0.3, 0.4) is 0 Å². The molecule has 1 N–H and O–H groups in total. The highest BCUT2D eigenvalue weighted by Crippen LogP contribution is 2.61. The van der Waals surface area contributed by atoms with Gasteiger partial charge in [0, 0.05) is 5.92 Å². The molecule has 114 valence electrons. The third-order valence-electron chi connectivity index (χ3n) is 5.39. The molecule has 4 unspecified atom stereocenters. The molecule has 1 aliphatic carbocycles. The van der Waals surface area contributed by atoms with Crippen molar-refractivity contribution in [3.63, 3.8) is 0 Å². The summed E-state index contributed by atoms with van der Waals surface area (Å²) in [6.07, 6.45) is 1.63. The van der Waals surface area contributed by atoms with Crippen molar-refractivity contribution in [1.29, 1.82) is 0 Å². The van der Waals surface area contributed by atoms with E-state index in [1.165, 1.54) is 0 Å². The van der Waals surface area contributed by atoms with Gasteiger partial charge in [-0.3, -0.25) is 9.59 Å². The predicted octanol–water partition coefficient (Wildman–Crippen LogP) is 3.10. The quantitative estimate of drug-likeness (QED) is 0.790. The number of carbonyl (C=O) groups is 2. The zero-order valence-electron chi connectivity index (χ0n) is 13.3. The zero-order valence-corrected chi connectivity index (χ0v) is 13.3. The van der Waals surface area contributed by atoms with Gasteiger partial charge in [0.05, 0.1) is 11.8 Å². The average molecular weight is 282 g/mol. The van der Waals surface area contributed by atoms with Gasteiger partial charge in [-0.15, -0.1) is 0 Å². The van der Waals surface area contributed by atoms with E-state index in [-0.39, 0.29) is 23.2 Å². The molecule has 0 bridgehead atoms. The molecule has 0 aromatic carbocycles. The third kappa shape index (κ3) is 2.04.